The van der Waals surface area contributed by atoms with Gasteiger partial charge in [-0.2, -0.15) is 0 Å². The van der Waals surface area contributed by atoms with Crippen LogP contribution < -0.4 is 5.32 Å². The lowest BCUT2D eigenvalue weighted by molar-refractivity contribution is -0.122. The third-order valence-corrected chi connectivity index (χ3v) is 4.38. The van der Waals surface area contributed by atoms with Gasteiger partial charge in [0.05, 0.1) is 10.7 Å². The third-order valence-electron chi connectivity index (χ3n) is 3.19. The van der Waals surface area contributed by atoms with Crippen molar-refractivity contribution in [1.82, 2.24) is 10.3 Å². The first-order valence-corrected chi connectivity index (χ1v) is 7.18. The van der Waals surface area contributed by atoms with Crippen molar-refractivity contribution in [3.8, 4) is 0 Å². The number of rotatable bonds is 5. The minimum atomic E-state index is 0.219. The van der Waals surface area contributed by atoms with E-state index in [0.29, 0.717) is 18.4 Å². The van der Waals surface area contributed by atoms with E-state index in [1.54, 1.807) is 11.3 Å². The standard InChI is InChI=1S/C13H20N2OS/c1-8(2)13-15-10(7-17-13)4-5-14-12(16)11-6-9(11)3/h7-9,11H,4-6H2,1-3H3,(H,14,16)/t9-,11-/m1/s1. The molecule has 0 radical (unpaired) electrons. The minimum absolute atomic E-state index is 0.219. The second kappa shape index (κ2) is 5.17. The van der Waals surface area contributed by atoms with Crippen molar-refractivity contribution in [2.24, 2.45) is 11.8 Å². The second-order valence-corrected chi connectivity index (χ2v) is 6.08. The van der Waals surface area contributed by atoms with Crippen molar-refractivity contribution >= 4 is 17.2 Å². The summed E-state index contributed by atoms with van der Waals surface area (Å²) in [6.45, 7) is 7.14. The molecule has 1 fully saturated rings. The predicted molar refractivity (Wildman–Crippen MR) is 70.2 cm³/mol. The minimum Gasteiger partial charge on any atom is -0.355 e. The molecule has 1 N–H and O–H groups in total. The molecule has 1 heterocycles. The van der Waals surface area contributed by atoms with Crippen LogP contribution in [0, 0.1) is 11.8 Å². The van der Waals surface area contributed by atoms with Gasteiger partial charge in [0.1, 0.15) is 0 Å². The number of hydrogen-bond donors (Lipinski definition) is 1. The topological polar surface area (TPSA) is 42.0 Å². The van der Waals surface area contributed by atoms with Gasteiger partial charge in [0.2, 0.25) is 5.91 Å². The summed E-state index contributed by atoms with van der Waals surface area (Å²) in [5.41, 5.74) is 1.10. The van der Waals surface area contributed by atoms with E-state index in [2.05, 4.69) is 36.5 Å². The van der Waals surface area contributed by atoms with E-state index < -0.39 is 0 Å². The highest BCUT2D eigenvalue weighted by Gasteiger charge is 2.38. The second-order valence-electron chi connectivity index (χ2n) is 5.19. The van der Waals surface area contributed by atoms with Crippen molar-refractivity contribution < 1.29 is 4.79 Å². The zero-order chi connectivity index (χ0) is 12.4. The summed E-state index contributed by atoms with van der Waals surface area (Å²) in [7, 11) is 0. The van der Waals surface area contributed by atoms with Crippen molar-refractivity contribution in [3.63, 3.8) is 0 Å². The maximum Gasteiger partial charge on any atom is 0.223 e. The van der Waals surface area contributed by atoms with Gasteiger partial charge in [0.25, 0.3) is 0 Å². The summed E-state index contributed by atoms with van der Waals surface area (Å²) in [5.74, 6) is 1.57. The number of carbonyl (C=O) groups excluding carboxylic acids is 1. The number of carbonyl (C=O) groups is 1. The molecule has 94 valence electrons. The Morgan fingerprint density at radius 1 is 1.65 bits per heavy atom. The van der Waals surface area contributed by atoms with Gasteiger partial charge in [-0.1, -0.05) is 20.8 Å². The fourth-order valence-corrected chi connectivity index (χ4v) is 2.70. The van der Waals surface area contributed by atoms with Gasteiger partial charge in [-0.25, -0.2) is 4.98 Å². The maximum atomic E-state index is 11.6. The molecular formula is C13H20N2OS. The predicted octanol–water partition coefficient (Wildman–Crippen LogP) is 2.58. The Kier molecular flexibility index (Phi) is 3.82. The molecule has 0 saturated heterocycles. The molecule has 0 aromatic carbocycles. The lowest BCUT2D eigenvalue weighted by Crippen LogP contribution is -2.27. The van der Waals surface area contributed by atoms with Crippen molar-refractivity contribution in [2.45, 2.75) is 39.5 Å². The van der Waals surface area contributed by atoms with Gasteiger partial charge >= 0.3 is 0 Å². The quantitative estimate of drug-likeness (QED) is 0.875. The highest BCUT2D eigenvalue weighted by molar-refractivity contribution is 7.09. The molecular weight excluding hydrogens is 232 g/mol. The Hall–Kier alpha value is -0.900. The van der Waals surface area contributed by atoms with E-state index in [4.69, 9.17) is 0 Å². The van der Waals surface area contributed by atoms with Crippen LogP contribution >= 0.6 is 11.3 Å². The SMILES string of the molecule is CC(C)c1nc(CCNC(=O)[C@@H]2C[C@H]2C)cs1. The van der Waals surface area contributed by atoms with Crippen LogP contribution in [-0.4, -0.2) is 17.4 Å². The summed E-state index contributed by atoms with van der Waals surface area (Å²) in [5, 5.41) is 6.27. The smallest absolute Gasteiger partial charge is 0.223 e. The van der Waals surface area contributed by atoms with Crippen LogP contribution in [-0.2, 0) is 11.2 Å². The zero-order valence-corrected chi connectivity index (χ0v) is 11.5. The average molecular weight is 252 g/mol. The molecule has 0 unspecified atom stereocenters. The van der Waals surface area contributed by atoms with Crippen LogP contribution in [0.4, 0.5) is 0 Å². The molecule has 1 aliphatic carbocycles. The average Bonchev–Trinajstić information content (AvgIpc) is 2.82. The zero-order valence-electron chi connectivity index (χ0n) is 10.7. The van der Waals surface area contributed by atoms with E-state index in [-0.39, 0.29) is 11.8 Å². The maximum absolute atomic E-state index is 11.6. The summed E-state index contributed by atoms with van der Waals surface area (Å²) in [6, 6.07) is 0. The Labute approximate surface area is 107 Å². The molecule has 0 aliphatic heterocycles. The van der Waals surface area contributed by atoms with E-state index in [1.807, 2.05) is 0 Å². The van der Waals surface area contributed by atoms with Crippen LogP contribution in [0.3, 0.4) is 0 Å². The summed E-state index contributed by atoms with van der Waals surface area (Å²) >= 11 is 1.71. The number of hydrogen-bond acceptors (Lipinski definition) is 3. The van der Waals surface area contributed by atoms with Crippen molar-refractivity contribution in [3.05, 3.63) is 16.1 Å². The molecule has 4 heteroatoms. The molecule has 0 bridgehead atoms. The van der Waals surface area contributed by atoms with Crippen LogP contribution in [0.5, 0.6) is 0 Å². The van der Waals surface area contributed by atoms with Gasteiger partial charge in [-0.05, 0) is 12.3 Å². The highest BCUT2D eigenvalue weighted by Crippen LogP contribution is 2.37. The van der Waals surface area contributed by atoms with Crippen LogP contribution in [0.25, 0.3) is 0 Å². The normalized spacial score (nSPS) is 22.8. The van der Waals surface area contributed by atoms with Crippen molar-refractivity contribution in [2.75, 3.05) is 6.54 Å². The van der Waals surface area contributed by atoms with E-state index >= 15 is 0 Å². The molecule has 3 nitrogen and oxygen atoms in total. The Bertz CT molecular complexity index is 400. The molecule has 1 saturated carbocycles. The first kappa shape index (κ1) is 12.6. The first-order valence-electron chi connectivity index (χ1n) is 6.30. The number of nitrogens with zero attached hydrogens (tertiary/aromatic N) is 1. The van der Waals surface area contributed by atoms with Gasteiger partial charge < -0.3 is 5.32 Å². The molecule has 0 spiro atoms. The van der Waals surface area contributed by atoms with Crippen LogP contribution in [0.15, 0.2) is 5.38 Å². The molecule has 2 rings (SSSR count). The molecule has 1 aromatic heterocycles. The fourth-order valence-electron chi connectivity index (χ4n) is 1.83. The molecule has 2 atom stereocenters. The molecule has 17 heavy (non-hydrogen) atoms. The Balaban J connectivity index is 1.72. The Morgan fingerprint density at radius 3 is 2.88 bits per heavy atom. The summed E-state index contributed by atoms with van der Waals surface area (Å²) < 4.78 is 0. The third kappa shape index (κ3) is 3.28. The van der Waals surface area contributed by atoms with Crippen LogP contribution in [0.2, 0.25) is 0 Å². The number of aromatic nitrogens is 1. The number of nitrogens with one attached hydrogen (secondary N) is 1. The molecule has 1 aromatic rings. The molecule has 1 aliphatic rings. The fraction of sp³-hybridized carbons (Fsp3) is 0.692. The largest absolute Gasteiger partial charge is 0.355 e. The lowest BCUT2D eigenvalue weighted by atomic mass is 10.2. The molecule has 1 amide bonds. The van der Waals surface area contributed by atoms with Gasteiger partial charge in [-0.15, -0.1) is 11.3 Å². The highest BCUT2D eigenvalue weighted by atomic mass is 32.1. The Morgan fingerprint density at radius 2 is 2.35 bits per heavy atom. The summed E-state index contributed by atoms with van der Waals surface area (Å²) in [4.78, 5) is 16.1. The number of amides is 1. The first-order chi connectivity index (χ1) is 8.08. The monoisotopic (exact) mass is 252 g/mol. The van der Waals surface area contributed by atoms with Crippen LogP contribution in [0.1, 0.15) is 43.8 Å². The lowest BCUT2D eigenvalue weighted by Gasteiger charge is -2.02. The van der Waals surface area contributed by atoms with E-state index in [9.17, 15) is 4.79 Å². The van der Waals surface area contributed by atoms with E-state index in [1.165, 1.54) is 5.01 Å². The number of thiazole rings is 1. The van der Waals surface area contributed by atoms with Crippen molar-refractivity contribution in [1.29, 1.82) is 0 Å². The van der Waals surface area contributed by atoms with Gasteiger partial charge in [0, 0.05) is 30.2 Å². The van der Waals surface area contributed by atoms with Gasteiger partial charge in [-0.3, -0.25) is 4.79 Å². The summed E-state index contributed by atoms with van der Waals surface area (Å²) in [6.07, 6.45) is 1.90. The van der Waals surface area contributed by atoms with Gasteiger partial charge in [0.15, 0.2) is 0 Å². The van der Waals surface area contributed by atoms with E-state index in [0.717, 1.165) is 18.5 Å².